The Morgan fingerprint density at radius 3 is 2.88 bits per heavy atom. The van der Waals surface area contributed by atoms with E-state index in [1.54, 1.807) is 0 Å². The SMILES string of the molecule is CC(CC1COCCN1)NCCOC(C)C. The molecule has 0 aromatic heterocycles. The second-order valence-electron chi connectivity index (χ2n) is 4.74. The van der Waals surface area contributed by atoms with E-state index in [1.807, 2.05) is 0 Å². The third kappa shape index (κ3) is 6.43. The van der Waals surface area contributed by atoms with Crippen LogP contribution in [0.25, 0.3) is 0 Å². The lowest BCUT2D eigenvalue weighted by atomic mass is 10.1. The molecule has 4 heteroatoms. The van der Waals surface area contributed by atoms with Crippen molar-refractivity contribution in [3.63, 3.8) is 0 Å². The van der Waals surface area contributed by atoms with Crippen molar-refractivity contribution in [2.24, 2.45) is 0 Å². The van der Waals surface area contributed by atoms with Gasteiger partial charge in [-0.3, -0.25) is 0 Å². The largest absolute Gasteiger partial charge is 0.379 e. The summed E-state index contributed by atoms with van der Waals surface area (Å²) in [5, 5.41) is 6.93. The quantitative estimate of drug-likeness (QED) is 0.634. The zero-order chi connectivity index (χ0) is 11.8. The van der Waals surface area contributed by atoms with Gasteiger partial charge in [-0.25, -0.2) is 0 Å². The minimum absolute atomic E-state index is 0.325. The molecule has 1 aliphatic heterocycles. The van der Waals surface area contributed by atoms with E-state index in [2.05, 4.69) is 31.4 Å². The van der Waals surface area contributed by atoms with Crippen LogP contribution >= 0.6 is 0 Å². The number of morpholine rings is 1. The Hall–Kier alpha value is -0.160. The van der Waals surface area contributed by atoms with Crippen molar-refractivity contribution < 1.29 is 9.47 Å². The Morgan fingerprint density at radius 2 is 2.25 bits per heavy atom. The van der Waals surface area contributed by atoms with Gasteiger partial charge in [-0.1, -0.05) is 0 Å². The maximum absolute atomic E-state index is 5.48. The van der Waals surface area contributed by atoms with E-state index < -0.39 is 0 Å². The van der Waals surface area contributed by atoms with Gasteiger partial charge in [-0.15, -0.1) is 0 Å². The predicted octanol–water partition coefficient (Wildman–Crippen LogP) is 0.768. The van der Waals surface area contributed by atoms with Crippen LogP contribution in [0.5, 0.6) is 0 Å². The van der Waals surface area contributed by atoms with E-state index in [4.69, 9.17) is 9.47 Å². The lowest BCUT2D eigenvalue weighted by Crippen LogP contribution is -2.45. The van der Waals surface area contributed by atoms with Crippen LogP contribution in [0.1, 0.15) is 27.2 Å². The number of nitrogens with one attached hydrogen (secondary N) is 2. The van der Waals surface area contributed by atoms with Crippen molar-refractivity contribution in [1.82, 2.24) is 10.6 Å². The Morgan fingerprint density at radius 1 is 1.44 bits per heavy atom. The van der Waals surface area contributed by atoms with Crippen molar-refractivity contribution >= 4 is 0 Å². The number of hydrogen-bond donors (Lipinski definition) is 2. The highest BCUT2D eigenvalue weighted by molar-refractivity contribution is 4.75. The van der Waals surface area contributed by atoms with Gasteiger partial charge in [0, 0.05) is 25.2 Å². The summed E-state index contributed by atoms with van der Waals surface area (Å²) >= 11 is 0. The zero-order valence-electron chi connectivity index (χ0n) is 10.8. The molecule has 4 nitrogen and oxygen atoms in total. The average molecular weight is 230 g/mol. The van der Waals surface area contributed by atoms with Crippen molar-refractivity contribution in [3.8, 4) is 0 Å². The summed E-state index contributed by atoms with van der Waals surface area (Å²) in [7, 11) is 0. The zero-order valence-corrected chi connectivity index (χ0v) is 10.8. The Bertz CT molecular complexity index is 170. The van der Waals surface area contributed by atoms with Crippen LogP contribution in [-0.4, -0.2) is 51.1 Å². The Kier molecular flexibility index (Phi) is 6.96. The van der Waals surface area contributed by atoms with Crippen LogP contribution < -0.4 is 10.6 Å². The van der Waals surface area contributed by atoms with E-state index in [-0.39, 0.29) is 0 Å². The molecule has 0 bridgehead atoms. The summed E-state index contributed by atoms with van der Waals surface area (Å²) in [6.45, 7) is 10.7. The van der Waals surface area contributed by atoms with Crippen LogP contribution in [0.3, 0.4) is 0 Å². The molecular weight excluding hydrogens is 204 g/mol. The van der Waals surface area contributed by atoms with Crippen molar-refractivity contribution in [2.75, 3.05) is 32.9 Å². The summed E-state index contributed by atoms with van der Waals surface area (Å²) in [5.41, 5.74) is 0. The molecule has 96 valence electrons. The highest BCUT2D eigenvalue weighted by atomic mass is 16.5. The molecule has 0 aromatic rings. The van der Waals surface area contributed by atoms with E-state index >= 15 is 0 Å². The van der Waals surface area contributed by atoms with Gasteiger partial charge in [-0.05, 0) is 27.2 Å². The van der Waals surface area contributed by atoms with Crippen molar-refractivity contribution in [2.45, 2.75) is 45.4 Å². The van der Waals surface area contributed by atoms with Crippen molar-refractivity contribution in [3.05, 3.63) is 0 Å². The fraction of sp³-hybridized carbons (Fsp3) is 1.00. The van der Waals surface area contributed by atoms with Crippen LogP contribution in [0.4, 0.5) is 0 Å². The summed E-state index contributed by atoms with van der Waals surface area (Å²) < 4.78 is 10.9. The summed E-state index contributed by atoms with van der Waals surface area (Å²) in [6, 6.07) is 1.01. The minimum Gasteiger partial charge on any atom is -0.379 e. The predicted molar refractivity (Wildman–Crippen MR) is 65.8 cm³/mol. The lowest BCUT2D eigenvalue weighted by molar-refractivity contribution is 0.0673. The first-order chi connectivity index (χ1) is 7.68. The molecule has 2 N–H and O–H groups in total. The normalized spacial score (nSPS) is 23.6. The maximum Gasteiger partial charge on any atom is 0.0620 e. The molecule has 0 aromatic carbocycles. The molecule has 1 rings (SSSR count). The van der Waals surface area contributed by atoms with Crippen molar-refractivity contribution in [1.29, 1.82) is 0 Å². The average Bonchev–Trinajstić information content (AvgIpc) is 2.25. The molecule has 0 saturated carbocycles. The van der Waals surface area contributed by atoms with Gasteiger partial charge in [0.15, 0.2) is 0 Å². The summed E-state index contributed by atoms with van der Waals surface area (Å²) in [6.07, 6.45) is 1.44. The molecule has 2 atom stereocenters. The summed E-state index contributed by atoms with van der Waals surface area (Å²) in [5.74, 6) is 0. The number of ether oxygens (including phenoxy) is 2. The first kappa shape index (κ1) is 13.9. The monoisotopic (exact) mass is 230 g/mol. The highest BCUT2D eigenvalue weighted by Crippen LogP contribution is 2.02. The second-order valence-corrected chi connectivity index (χ2v) is 4.74. The van der Waals surface area contributed by atoms with Gasteiger partial charge >= 0.3 is 0 Å². The third-order valence-corrected chi connectivity index (χ3v) is 2.68. The lowest BCUT2D eigenvalue weighted by Gasteiger charge is -2.26. The van der Waals surface area contributed by atoms with Crippen LogP contribution in [0, 0.1) is 0 Å². The third-order valence-electron chi connectivity index (χ3n) is 2.68. The highest BCUT2D eigenvalue weighted by Gasteiger charge is 2.15. The van der Waals surface area contributed by atoms with Crippen LogP contribution in [0.15, 0.2) is 0 Å². The van der Waals surface area contributed by atoms with Gasteiger partial charge in [0.25, 0.3) is 0 Å². The standard InChI is InChI=1S/C12H26N2O2/c1-10(2)16-7-5-13-11(3)8-12-9-15-6-4-14-12/h10-14H,4-9H2,1-3H3. The molecule has 1 fully saturated rings. The molecule has 0 radical (unpaired) electrons. The molecule has 1 saturated heterocycles. The molecule has 0 spiro atoms. The second kappa shape index (κ2) is 8.01. The topological polar surface area (TPSA) is 42.5 Å². The van der Waals surface area contributed by atoms with E-state index in [9.17, 15) is 0 Å². The molecule has 0 amide bonds. The molecule has 16 heavy (non-hydrogen) atoms. The number of hydrogen-bond acceptors (Lipinski definition) is 4. The number of rotatable bonds is 7. The van der Waals surface area contributed by atoms with Gasteiger partial charge in [0.05, 0.1) is 25.9 Å². The van der Waals surface area contributed by atoms with E-state index in [1.165, 1.54) is 0 Å². The fourth-order valence-electron chi connectivity index (χ4n) is 1.88. The smallest absolute Gasteiger partial charge is 0.0620 e. The summed E-state index contributed by atoms with van der Waals surface area (Å²) in [4.78, 5) is 0. The minimum atomic E-state index is 0.325. The van der Waals surface area contributed by atoms with Gasteiger partial charge in [0.2, 0.25) is 0 Å². The van der Waals surface area contributed by atoms with Crippen LogP contribution in [-0.2, 0) is 9.47 Å². The van der Waals surface area contributed by atoms with Crippen LogP contribution in [0.2, 0.25) is 0 Å². The van der Waals surface area contributed by atoms with E-state index in [0.717, 1.165) is 39.3 Å². The Balaban J connectivity index is 1.99. The molecule has 1 heterocycles. The van der Waals surface area contributed by atoms with Gasteiger partial charge in [0.1, 0.15) is 0 Å². The maximum atomic E-state index is 5.48. The molecular formula is C12H26N2O2. The van der Waals surface area contributed by atoms with Gasteiger partial charge < -0.3 is 20.1 Å². The molecule has 2 unspecified atom stereocenters. The first-order valence-electron chi connectivity index (χ1n) is 6.34. The van der Waals surface area contributed by atoms with E-state index in [0.29, 0.717) is 18.2 Å². The first-order valence-corrected chi connectivity index (χ1v) is 6.34. The molecule has 1 aliphatic rings. The Labute approximate surface area is 99.1 Å². The fourth-order valence-corrected chi connectivity index (χ4v) is 1.88. The van der Waals surface area contributed by atoms with Gasteiger partial charge in [-0.2, -0.15) is 0 Å². The molecule has 0 aliphatic carbocycles.